The molecule has 4 rings (SSSR count). The van der Waals surface area contributed by atoms with Crippen molar-refractivity contribution in [1.29, 1.82) is 0 Å². The molecule has 0 unspecified atom stereocenters. The van der Waals surface area contributed by atoms with Crippen LogP contribution in [0.5, 0.6) is 0 Å². The Morgan fingerprint density at radius 1 is 1.11 bits per heavy atom. The first-order valence-corrected chi connectivity index (χ1v) is 12.8. The van der Waals surface area contributed by atoms with Gasteiger partial charge in [-0.2, -0.15) is 4.31 Å². The number of piperazine rings is 1. The van der Waals surface area contributed by atoms with Crippen LogP contribution >= 0.6 is 11.8 Å². The molecule has 0 bridgehead atoms. The number of sulfonamides is 1. The lowest BCUT2D eigenvalue weighted by atomic mass is 10.2. The Hall–Kier alpha value is -3.49. The van der Waals surface area contributed by atoms with E-state index in [4.69, 9.17) is 0 Å². The standard InChI is InChI=1S/C21H23N7O5S2/c1-15(29)23-16-3-6-18(7-4-16)35(32,33)27-11-9-26(10-12-27)17-5-8-19(28(30)31)20(13-17)34-21-24-22-14-25(21)2/h3-8,13-14H,9-12H2,1-2H3,(H,23,29). The van der Waals surface area contributed by atoms with Gasteiger partial charge < -0.3 is 14.8 Å². The number of nitrogens with one attached hydrogen (secondary N) is 1. The van der Waals surface area contributed by atoms with E-state index in [1.54, 1.807) is 35.9 Å². The largest absolute Gasteiger partial charge is 0.369 e. The minimum absolute atomic E-state index is 0.0364. The van der Waals surface area contributed by atoms with Gasteiger partial charge in [0.25, 0.3) is 5.69 Å². The SMILES string of the molecule is CC(=O)Nc1ccc(S(=O)(=O)N2CCN(c3ccc([N+](=O)[O-])c(Sc4nncn4C)c3)CC2)cc1. The molecule has 1 aliphatic rings. The number of hydrogen-bond acceptors (Lipinski definition) is 9. The van der Waals surface area contributed by atoms with E-state index in [9.17, 15) is 23.3 Å². The van der Waals surface area contributed by atoms with Crippen LogP contribution in [0.3, 0.4) is 0 Å². The Labute approximate surface area is 206 Å². The molecule has 1 aliphatic heterocycles. The zero-order valence-corrected chi connectivity index (χ0v) is 20.6. The van der Waals surface area contributed by atoms with Gasteiger partial charge in [0.1, 0.15) is 6.33 Å². The number of rotatable bonds is 7. The molecular weight excluding hydrogens is 494 g/mol. The first-order valence-electron chi connectivity index (χ1n) is 10.6. The Morgan fingerprint density at radius 3 is 2.37 bits per heavy atom. The molecule has 0 saturated carbocycles. The second kappa shape index (κ2) is 10.0. The van der Waals surface area contributed by atoms with Crippen molar-refractivity contribution in [2.45, 2.75) is 21.9 Å². The third-order valence-electron chi connectivity index (χ3n) is 5.43. The van der Waals surface area contributed by atoms with Crippen molar-refractivity contribution in [3.8, 4) is 0 Å². The van der Waals surface area contributed by atoms with Crippen LogP contribution in [-0.4, -0.2) is 64.5 Å². The van der Waals surface area contributed by atoms with Crippen LogP contribution in [-0.2, 0) is 21.9 Å². The summed E-state index contributed by atoms with van der Waals surface area (Å²) in [6, 6.07) is 10.9. The van der Waals surface area contributed by atoms with Crippen molar-refractivity contribution in [1.82, 2.24) is 19.1 Å². The highest BCUT2D eigenvalue weighted by molar-refractivity contribution is 7.99. The summed E-state index contributed by atoms with van der Waals surface area (Å²) in [6.45, 7) is 2.76. The van der Waals surface area contributed by atoms with Crippen molar-refractivity contribution in [2.24, 2.45) is 7.05 Å². The summed E-state index contributed by atoms with van der Waals surface area (Å²) in [4.78, 5) is 24.8. The third-order valence-corrected chi connectivity index (χ3v) is 8.44. The highest BCUT2D eigenvalue weighted by Crippen LogP contribution is 2.36. The summed E-state index contributed by atoms with van der Waals surface area (Å²) in [7, 11) is -1.94. The van der Waals surface area contributed by atoms with E-state index < -0.39 is 14.9 Å². The van der Waals surface area contributed by atoms with Gasteiger partial charge in [-0.25, -0.2) is 8.42 Å². The Kier molecular flexibility index (Phi) is 7.05. The minimum Gasteiger partial charge on any atom is -0.369 e. The molecule has 12 nitrogen and oxygen atoms in total. The van der Waals surface area contributed by atoms with Crippen LogP contribution in [0.25, 0.3) is 0 Å². The third kappa shape index (κ3) is 5.44. The number of nitro benzene ring substituents is 1. The van der Waals surface area contributed by atoms with E-state index in [1.807, 2.05) is 4.90 Å². The molecule has 0 spiro atoms. The van der Waals surface area contributed by atoms with Crippen LogP contribution in [0.1, 0.15) is 6.92 Å². The average Bonchev–Trinajstić information content (AvgIpc) is 3.23. The maximum absolute atomic E-state index is 13.1. The van der Waals surface area contributed by atoms with Gasteiger partial charge in [0.15, 0.2) is 5.16 Å². The Morgan fingerprint density at radius 2 is 1.80 bits per heavy atom. The van der Waals surface area contributed by atoms with Gasteiger partial charge in [0.05, 0.1) is 14.7 Å². The number of anilines is 2. The highest BCUT2D eigenvalue weighted by atomic mass is 32.2. The molecule has 3 aromatic rings. The van der Waals surface area contributed by atoms with E-state index >= 15 is 0 Å². The number of nitro groups is 1. The van der Waals surface area contributed by atoms with Crippen LogP contribution in [0.15, 0.2) is 63.7 Å². The molecule has 1 saturated heterocycles. The van der Waals surface area contributed by atoms with Gasteiger partial charge >= 0.3 is 0 Å². The van der Waals surface area contributed by atoms with Crippen molar-refractivity contribution >= 4 is 44.8 Å². The fourth-order valence-electron chi connectivity index (χ4n) is 3.64. The van der Waals surface area contributed by atoms with E-state index in [-0.39, 0.29) is 29.6 Å². The lowest BCUT2D eigenvalue weighted by Crippen LogP contribution is -2.48. The molecule has 35 heavy (non-hydrogen) atoms. The molecule has 1 N–H and O–H groups in total. The zero-order chi connectivity index (χ0) is 25.2. The van der Waals surface area contributed by atoms with Gasteiger partial charge in [0, 0.05) is 57.6 Å². The number of aryl methyl sites for hydroxylation is 1. The second-order valence-corrected chi connectivity index (χ2v) is 10.8. The fourth-order valence-corrected chi connectivity index (χ4v) is 5.97. The van der Waals surface area contributed by atoms with Crippen LogP contribution in [0, 0.1) is 10.1 Å². The van der Waals surface area contributed by atoms with Gasteiger partial charge in [0.2, 0.25) is 15.9 Å². The van der Waals surface area contributed by atoms with Crippen molar-refractivity contribution < 1.29 is 18.1 Å². The molecule has 1 aromatic heterocycles. The molecular formula is C21H23N7O5S2. The van der Waals surface area contributed by atoms with E-state index in [0.29, 0.717) is 28.8 Å². The minimum atomic E-state index is -3.70. The number of amides is 1. The lowest BCUT2D eigenvalue weighted by Gasteiger charge is -2.35. The fraction of sp³-hybridized carbons (Fsp3) is 0.286. The summed E-state index contributed by atoms with van der Waals surface area (Å²) >= 11 is 1.15. The maximum Gasteiger partial charge on any atom is 0.283 e. The van der Waals surface area contributed by atoms with Gasteiger partial charge in [-0.3, -0.25) is 14.9 Å². The summed E-state index contributed by atoms with van der Waals surface area (Å²) < 4.78 is 29.2. The number of aromatic nitrogens is 3. The number of benzene rings is 2. The van der Waals surface area contributed by atoms with Crippen LogP contribution in [0.2, 0.25) is 0 Å². The first-order chi connectivity index (χ1) is 16.6. The summed E-state index contributed by atoms with van der Waals surface area (Å²) in [5.41, 5.74) is 1.25. The van der Waals surface area contributed by atoms with Gasteiger partial charge in [-0.15, -0.1) is 10.2 Å². The van der Waals surface area contributed by atoms with Crippen molar-refractivity contribution in [3.63, 3.8) is 0 Å². The summed E-state index contributed by atoms with van der Waals surface area (Å²) in [5, 5.41) is 22.5. The van der Waals surface area contributed by atoms with E-state index in [0.717, 1.165) is 17.4 Å². The molecule has 184 valence electrons. The first kappa shape index (κ1) is 24.6. The molecule has 0 aliphatic carbocycles. The Bertz CT molecular complexity index is 1350. The number of carbonyl (C=O) groups is 1. The summed E-state index contributed by atoms with van der Waals surface area (Å²) in [5.74, 6) is -0.235. The second-order valence-electron chi connectivity index (χ2n) is 7.83. The predicted octanol–water partition coefficient (Wildman–Crippen LogP) is 2.34. The number of hydrogen-bond donors (Lipinski definition) is 1. The molecule has 0 radical (unpaired) electrons. The normalized spacial score (nSPS) is 14.6. The Balaban J connectivity index is 1.48. The predicted molar refractivity (Wildman–Crippen MR) is 130 cm³/mol. The molecule has 0 atom stereocenters. The summed E-state index contributed by atoms with van der Waals surface area (Å²) in [6.07, 6.45) is 1.52. The van der Waals surface area contributed by atoms with E-state index in [1.165, 1.54) is 35.8 Å². The average molecular weight is 518 g/mol. The smallest absolute Gasteiger partial charge is 0.283 e. The van der Waals surface area contributed by atoms with Gasteiger partial charge in [-0.05, 0) is 48.2 Å². The van der Waals surface area contributed by atoms with E-state index in [2.05, 4.69) is 15.5 Å². The molecule has 14 heteroatoms. The van der Waals surface area contributed by atoms with Crippen LogP contribution in [0.4, 0.5) is 17.1 Å². The quantitative estimate of drug-likeness (QED) is 0.369. The number of carbonyl (C=O) groups excluding carboxylic acids is 1. The molecule has 2 aromatic carbocycles. The lowest BCUT2D eigenvalue weighted by molar-refractivity contribution is -0.387. The van der Waals surface area contributed by atoms with Crippen molar-refractivity contribution in [3.05, 3.63) is 58.9 Å². The zero-order valence-electron chi connectivity index (χ0n) is 19.0. The molecule has 1 amide bonds. The monoisotopic (exact) mass is 517 g/mol. The number of nitrogens with zero attached hydrogens (tertiary/aromatic N) is 6. The topological polar surface area (TPSA) is 144 Å². The molecule has 1 fully saturated rings. The highest BCUT2D eigenvalue weighted by Gasteiger charge is 2.29. The molecule has 2 heterocycles. The maximum atomic E-state index is 13.1. The van der Waals surface area contributed by atoms with Crippen LogP contribution < -0.4 is 10.2 Å². The van der Waals surface area contributed by atoms with Crippen molar-refractivity contribution in [2.75, 3.05) is 36.4 Å². The van der Waals surface area contributed by atoms with Gasteiger partial charge in [-0.1, -0.05) is 0 Å².